The zero-order chi connectivity index (χ0) is 16.6. The van der Waals surface area contributed by atoms with E-state index in [2.05, 4.69) is 10.3 Å². The van der Waals surface area contributed by atoms with Gasteiger partial charge < -0.3 is 20.3 Å². The first-order valence-electron chi connectivity index (χ1n) is 6.74. The summed E-state index contributed by atoms with van der Waals surface area (Å²) in [7, 11) is 0. The molecule has 3 rings (SSSR count). The standard InChI is InChI=1S/C14H13N3O5S/c18-5-8-6-23-13-9(12(20)17(13)10(8)14(21)22)16-11(19)7-1-3-15-4-2-7/h1-4,9,13,18H,5-6H2,(H,16,19)(H,21,22)/p-1/t9-,13+/m1/s1. The number of aliphatic hydroxyl groups excluding tert-OH is 1. The number of carbonyl (C=O) groups is 3. The monoisotopic (exact) mass is 334 g/mol. The molecular formula is C14H12N3O5S-. The predicted molar refractivity (Wildman–Crippen MR) is 77.7 cm³/mol. The first-order chi connectivity index (χ1) is 11.0. The molecule has 0 bridgehead atoms. The van der Waals surface area contributed by atoms with Gasteiger partial charge in [0.2, 0.25) is 0 Å². The zero-order valence-electron chi connectivity index (χ0n) is 11.8. The Hall–Kier alpha value is -2.39. The van der Waals surface area contributed by atoms with Crippen molar-refractivity contribution in [3.05, 3.63) is 41.4 Å². The Morgan fingerprint density at radius 2 is 2.13 bits per heavy atom. The second kappa shape index (κ2) is 6.01. The number of hydrogen-bond donors (Lipinski definition) is 2. The van der Waals surface area contributed by atoms with Crippen LogP contribution in [-0.2, 0) is 9.59 Å². The SMILES string of the molecule is O=C([O-])C1=C(CO)CS[C@H]2[C@H](NC(=O)c3ccncc3)C(=O)N12. The van der Waals surface area contributed by atoms with Crippen molar-refractivity contribution in [2.75, 3.05) is 12.4 Å². The van der Waals surface area contributed by atoms with E-state index in [0.29, 0.717) is 5.56 Å². The highest BCUT2D eigenvalue weighted by Crippen LogP contribution is 2.39. The number of nitrogens with zero attached hydrogens (tertiary/aromatic N) is 2. The van der Waals surface area contributed by atoms with Gasteiger partial charge in [0, 0.05) is 23.7 Å². The van der Waals surface area contributed by atoms with Gasteiger partial charge in [0.1, 0.15) is 11.4 Å². The van der Waals surface area contributed by atoms with Gasteiger partial charge in [-0.25, -0.2) is 0 Å². The Morgan fingerprint density at radius 3 is 2.74 bits per heavy atom. The molecule has 0 aromatic carbocycles. The average molecular weight is 334 g/mol. The van der Waals surface area contributed by atoms with Gasteiger partial charge in [-0.3, -0.25) is 19.5 Å². The van der Waals surface area contributed by atoms with Crippen molar-refractivity contribution in [2.24, 2.45) is 0 Å². The Balaban J connectivity index is 1.77. The molecule has 120 valence electrons. The number of fused-ring (bicyclic) bond motifs is 1. The number of aliphatic hydroxyl groups is 1. The third kappa shape index (κ3) is 2.57. The van der Waals surface area contributed by atoms with Gasteiger partial charge in [0.05, 0.1) is 18.3 Å². The van der Waals surface area contributed by atoms with Crippen LogP contribution in [0.3, 0.4) is 0 Å². The number of nitrogens with one attached hydrogen (secondary N) is 1. The summed E-state index contributed by atoms with van der Waals surface area (Å²) < 4.78 is 0. The van der Waals surface area contributed by atoms with Crippen LogP contribution in [0.4, 0.5) is 0 Å². The first-order valence-corrected chi connectivity index (χ1v) is 7.79. The lowest BCUT2D eigenvalue weighted by Crippen LogP contribution is -2.71. The fourth-order valence-electron chi connectivity index (χ4n) is 2.52. The van der Waals surface area contributed by atoms with Crippen molar-refractivity contribution in [2.45, 2.75) is 11.4 Å². The fourth-order valence-corrected chi connectivity index (χ4v) is 3.86. The highest BCUT2D eigenvalue weighted by Gasteiger charge is 2.52. The Bertz CT molecular complexity index is 706. The van der Waals surface area contributed by atoms with Crippen LogP contribution in [0.25, 0.3) is 0 Å². The maximum Gasteiger partial charge on any atom is 0.253 e. The molecule has 0 spiro atoms. The van der Waals surface area contributed by atoms with E-state index in [0.717, 1.165) is 4.90 Å². The van der Waals surface area contributed by atoms with Gasteiger partial charge in [0.15, 0.2) is 0 Å². The lowest BCUT2D eigenvalue weighted by atomic mass is 10.0. The largest absolute Gasteiger partial charge is 0.543 e. The summed E-state index contributed by atoms with van der Waals surface area (Å²) in [6.07, 6.45) is 2.92. The van der Waals surface area contributed by atoms with Crippen molar-refractivity contribution in [3.63, 3.8) is 0 Å². The summed E-state index contributed by atoms with van der Waals surface area (Å²) in [5.74, 6) is -2.21. The molecule has 23 heavy (non-hydrogen) atoms. The number of pyridine rings is 1. The average Bonchev–Trinajstić information content (AvgIpc) is 2.58. The zero-order valence-corrected chi connectivity index (χ0v) is 12.6. The molecular weight excluding hydrogens is 322 g/mol. The second-order valence-corrected chi connectivity index (χ2v) is 6.10. The number of amides is 2. The molecule has 0 saturated carbocycles. The van der Waals surface area contributed by atoms with E-state index in [9.17, 15) is 24.6 Å². The second-order valence-electron chi connectivity index (χ2n) is 4.99. The molecule has 2 aliphatic heterocycles. The molecule has 2 amide bonds. The number of carboxylic acids is 1. The van der Waals surface area contributed by atoms with E-state index in [1.54, 1.807) is 0 Å². The minimum atomic E-state index is -1.51. The van der Waals surface area contributed by atoms with Crippen LogP contribution in [0.2, 0.25) is 0 Å². The molecule has 1 fully saturated rings. The molecule has 0 unspecified atom stereocenters. The maximum atomic E-state index is 12.2. The Morgan fingerprint density at radius 1 is 1.43 bits per heavy atom. The van der Waals surface area contributed by atoms with Gasteiger partial charge >= 0.3 is 0 Å². The van der Waals surface area contributed by atoms with Crippen LogP contribution >= 0.6 is 11.8 Å². The van der Waals surface area contributed by atoms with Gasteiger partial charge in [-0.1, -0.05) is 0 Å². The van der Waals surface area contributed by atoms with Gasteiger partial charge in [-0.2, -0.15) is 0 Å². The van der Waals surface area contributed by atoms with Crippen LogP contribution < -0.4 is 10.4 Å². The molecule has 0 aliphatic carbocycles. The quantitative estimate of drug-likeness (QED) is 0.616. The molecule has 2 N–H and O–H groups in total. The topological polar surface area (TPSA) is 123 Å². The molecule has 2 atom stereocenters. The number of rotatable bonds is 4. The van der Waals surface area contributed by atoms with E-state index >= 15 is 0 Å². The number of thioether (sulfide) groups is 1. The summed E-state index contributed by atoms with van der Waals surface area (Å²) in [4.78, 5) is 40.4. The van der Waals surface area contributed by atoms with E-state index in [1.807, 2.05) is 0 Å². The number of hydrogen-bond acceptors (Lipinski definition) is 7. The Kier molecular flexibility index (Phi) is 4.05. The van der Waals surface area contributed by atoms with Crippen molar-refractivity contribution in [1.29, 1.82) is 0 Å². The molecule has 9 heteroatoms. The van der Waals surface area contributed by atoms with Crippen LogP contribution in [0.5, 0.6) is 0 Å². The summed E-state index contributed by atoms with van der Waals surface area (Å²) in [5.41, 5.74) is 0.299. The highest BCUT2D eigenvalue weighted by molar-refractivity contribution is 8.00. The first kappa shape index (κ1) is 15.5. The fraction of sp³-hybridized carbons (Fsp3) is 0.286. The summed E-state index contributed by atoms with van der Waals surface area (Å²) >= 11 is 1.28. The molecule has 2 aliphatic rings. The third-order valence-corrected chi connectivity index (χ3v) is 5.00. The summed E-state index contributed by atoms with van der Waals surface area (Å²) in [5, 5.41) is 22.5. The molecule has 0 radical (unpaired) electrons. The van der Waals surface area contributed by atoms with Crippen molar-refractivity contribution in [1.82, 2.24) is 15.2 Å². The maximum absolute atomic E-state index is 12.2. The number of aliphatic carboxylic acids is 1. The molecule has 3 heterocycles. The summed E-state index contributed by atoms with van der Waals surface area (Å²) in [6, 6.07) is 2.22. The van der Waals surface area contributed by atoms with E-state index < -0.39 is 35.8 Å². The van der Waals surface area contributed by atoms with Crippen LogP contribution in [-0.4, -0.2) is 56.5 Å². The van der Waals surface area contributed by atoms with Crippen LogP contribution in [0.15, 0.2) is 35.8 Å². The minimum Gasteiger partial charge on any atom is -0.543 e. The molecule has 1 aromatic heterocycles. The molecule has 8 nitrogen and oxygen atoms in total. The van der Waals surface area contributed by atoms with Gasteiger partial charge in [-0.05, 0) is 17.7 Å². The summed E-state index contributed by atoms with van der Waals surface area (Å²) in [6.45, 7) is -0.457. The van der Waals surface area contributed by atoms with Crippen LogP contribution in [0.1, 0.15) is 10.4 Å². The van der Waals surface area contributed by atoms with Gasteiger partial charge in [-0.15, -0.1) is 11.8 Å². The smallest absolute Gasteiger partial charge is 0.253 e. The van der Waals surface area contributed by atoms with Crippen LogP contribution in [0, 0.1) is 0 Å². The Labute approximate surface area is 135 Å². The molecule has 1 saturated heterocycles. The van der Waals surface area contributed by atoms with E-state index in [-0.39, 0.29) is 17.0 Å². The van der Waals surface area contributed by atoms with Crippen molar-refractivity contribution in [3.8, 4) is 0 Å². The normalized spacial score (nSPS) is 23.2. The number of aromatic nitrogens is 1. The predicted octanol–water partition coefficient (Wildman–Crippen LogP) is -1.91. The lowest BCUT2D eigenvalue weighted by Gasteiger charge is -2.50. The number of β-lactam (4-membered cyclic amide) rings is 1. The molecule has 1 aromatic rings. The van der Waals surface area contributed by atoms with Crippen molar-refractivity contribution < 1.29 is 24.6 Å². The van der Waals surface area contributed by atoms with Gasteiger partial charge in [0.25, 0.3) is 11.8 Å². The minimum absolute atomic E-state index is 0.235. The number of carbonyl (C=O) groups excluding carboxylic acids is 3. The lowest BCUT2D eigenvalue weighted by molar-refractivity contribution is -0.301. The highest BCUT2D eigenvalue weighted by atomic mass is 32.2. The van der Waals surface area contributed by atoms with E-state index in [1.165, 1.54) is 36.3 Å². The van der Waals surface area contributed by atoms with Crippen molar-refractivity contribution >= 4 is 29.5 Å². The van der Waals surface area contributed by atoms with E-state index in [4.69, 9.17) is 0 Å². The third-order valence-electron chi connectivity index (χ3n) is 3.66. The number of carboxylic acid groups (broad SMARTS) is 1.